The fraction of sp³-hybridized carbons (Fsp3) is 0.286. The monoisotopic (exact) mass is 349 g/mol. The van der Waals surface area contributed by atoms with Crippen molar-refractivity contribution in [1.82, 2.24) is 10.6 Å². The van der Waals surface area contributed by atoms with Crippen molar-refractivity contribution < 1.29 is 0 Å². The molecular formula is C21H27N5. The third-order valence-corrected chi connectivity index (χ3v) is 4.55. The number of hydrogen-bond donors (Lipinski definition) is 3. The van der Waals surface area contributed by atoms with Crippen LogP contribution < -0.4 is 21.3 Å². The van der Waals surface area contributed by atoms with E-state index in [2.05, 4.69) is 59.0 Å². The molecule has 1 unspecified atom stereocenters. The Bertz CT molecular complexity index is 782. The van der Waals surface area contributed by atoms with Crippen LogP contribution in [0.3, 0.4) is 0 Å². The van der Waals surface area contributed by atoms with E-state index in [0.717, 1.165) is 25.2 Å². The van der Waals surface area contributed by atoms with Crippen molar-refractivity contribution in [2.24, 2.45) is 10.7 Å². The zero-order valence-electron chi connectivity index (χ0n) is 15.4. The van der Waals surface area contributed by atoms with Crippen LogP contribution in [0.5, 0.6) is 0 Å². The van der Waals surface area contributed by atoms with Crippen molar-refractivity contribution in [3.8, 4) is 0 Å². The Labute approximate surface area is 155 Å². The molecule has 26 heavy (non-hydrogen) atoms. The quantitative estimate of drug-likeness (QED) is 0.702. The molecule has 1 aliphatic rings. The first kappa shape index (κ1) is 18.0. The molecule has 136 valence electrons. The molecule has 0 aliphatic carbocycles. The van der Waals surface area contributed by atoms with E-state index in [1.165, 1.54) is 16.8 Å². The molecule has 0 radical (unpaired) electrons. The average molecular weight is 349 g/mol. The van der Waals surface area contributed by atoms with Gasteiger partial charge in [0.2, 0.25) is 0 Å². The van der Waals surface area contributed by atoms with Gasteiger partial charge in [0.25, 0.3) is 0 Å². The molecule has 0 aromatic heterocycles. The molecule has 1 aliphatic heterocycles. The van der Waals surface area contributed by atoms with E-state index in [1.807, 2.05) is 31.3 Å². The van der Waals surface area contributed by atoms with E-state index in [4.69, 9.17) is 10.7 Å². The number of anilines is 1. The summed E-state index contributed by atoms with van der Waals surface area (Å²) >= 11 is 0. The first-order valence-electron chi connectivity index (χ1n) is 9.04. The fourth-order valence-electron chi connectivity index (χ4n) is 3.20. The van der Waals surface area contributed by atoms with Gasteiger partial charge in [-0.3, -0.25) is 10.3 Å². The zero-order chi connectivity index (χ0) is 18.4. The Hall–Kier alpha value is -2.79. The van der Waals surface area contributed by atoms with Gasteiger partial charge in [-0.2, -0.15) is 0 Å². The van der Waals surface area contributed by atoms with Crippen molar-refractivity contribution in [3.05, 3.63) is 77.2 Å². The highest BCUT2D eigenvalue weighted by Gasteiger charge is 2.27. The van der Waals surface area contributed by atoms with Gasteiger partial charge in [0.1, 0.15) is 17.7 Å². The largest absolute Gasteiger partial charge is 0.384 e. The summed E-state index contributed by atoms with van der Waals surface area (Å²) in [7, 11) is 2.07. The molecule has 2 aromatic rings. The van der Waals surface area contributed by atoms with Gasteiger partial charge in [0.05, 0.1) is 0 Å². The molecule has 5 nitrogen and oxygen atoms in total. The molecule has 0 spiro atoms. The van der Waals surface area contributed by atoms with Crippen molar-refractivity contribution >= 4 is 11.9 Å². The second-order valence-electron chi connectivity index (χ2n) is 6.35. The summed E-state index contributed by atoms with van der Waals surface area (Å²) in [6.07, 6.45) is 2.64. The van der Waals surface area contributed by atoms with Crippen LogP contribution in [0, 0.1) is 0 Å². The molecule has 3 rings (SSSR count). The number of fused-ring (bicyclic) bond motifs is 1. The van der Waals surface area contributed by atoms with Gasteiger partial charge in [-0.1, -0.05) is 48.5 Å². The van der Waals surface area contributed by atoms with Crippen LogP contribution in [0.15, 0.2) is 71.1 Å². The van der Waals surface area contributed by atoms with Gasteiger partial charge < -0.3 is 16.0 Å². The Kier molecular flexibility index (Phi) is 5.92. The number of para-hydroxylation sites is 1. The predicted molar refractivity (Wildman–Crippen MR) is 109 cm³/mol. The number of nitrogens with one attached hydrogen (secondary N) is 2. The van der Waals surface area contributed by atoms with Crippen LogP contribution in [-0.4, -0.2) is 26.0 Å². The zero-order valence-corrected chi connectivity index (χ0v) is 15.4. The summed E-state index contributed by atoms with van der Waals surface area (Å²) in [5.41, 5.74) is 10.8. The van der Waals surface area contributed by atoms with Crippen LogP contribution in [0.4, 0.5) is 5.69 Å². The van der Waals surface area contributed by atoms with Gasteiger partial charge in [-0.05, 0) is 24.1 Å². The molecule has 4 N–H and O–H groups in total. The van der Waals surface area contributed by atoms with E-state index in [-0.39, 0.29) is 6.17 Å². The number of likely N-dealkylation sites (N-methyl/N-ethyl adjacent to an activating group) is 1. The fourth-order valence-corrected chi connectivity index (χ4v) is 3.20. The smallest absolute Gasteiger partial charge is 0.127 e. The molecule has 0 bridgehead atoms. The summed E-state index contributed by atoms with van der Waals surface area (Å²) < 4.78 is 0. The van der Waals surface area contributed by atoms with E-state index in [1.54, 1.807) is 0 Å². The molecule has 0 amide bonds. The van der Waals surface area contributed by atoms with Gasteiger partial charge in [-0.25, -0.2) is 0 Å². The lowest BCUT2D eigenvalue weighted by atomic mass is 10.1. The van der Waals surface area contributed by atoms with Crippen molar-refractivity contribution in [2.45, 2.75) is 26.1 Å². The molecule has 0 fully saturated rings. The lowest BCUT2D eigenvalue weighted by Gasteiger charge is -2.37. The molecular weight excluding hydrogens is 322 g/mol. The van der Waals surface area contributed by atoms with Gasteiger partial charge in [-0.15, -0.1) is 0 Å². The highest BCUT2D eigenvalue weighted by molar-refractivity contribution is 5.64. The maximum atomic E-state index is 6.31. The highest BCUT2D eigenvalue weighted by atomic mass is 15.3. The number of rotatable bonds is 6. The van der Waals surface area contributed by atoms with Crippen LogP contribution in [0.1, 0.15) is 18.1 Å². The lowest BCUT2D eigenvalue weighted by Crippen LogP contribution is -2.49. The van der Waals surface area contributed by atoms with E-state index < -0.39 is 0 Å². The Balaban J connectivity index is 1.84. The number of hydrogen-bond acceptors (Lipinski definition) is 5. The number of aliphatic imine (C=N–C) groups is 1. The normalized spacial score (nSPS) is 17.8. The number of nitrogens with two attached hydrogens (primary N) is 1. The van der Waals surface area contributed by atoms with E-state index in [0.29, 0.717) is 5.82 Å². The minimum absolute atomic E-state index is 0.0732. The van der Waals surface area contributed by atoms with E-state index in [9.17, 15) is 0 Å². The molecule has 2 aromatic carbocycles. The first-order chi connectivity index (χ1) is 12.7. The van der Waals surface area contributed by atoms with Crippen molar-refractivity contribution in [2.75, 3.05) is 18.5 Å². The minimum atomic E-state index is -0.0732. The average Bonchev–Trinajstić information content (AvgIpc) is 2.67. The van der Waals surface area contributed by atoms with Crippen LogP contribution in [0.25, 0.3) is 0 Å². The van der Waals surface area contributed by atoms with Crippen molar-refractivity contribution in [3.63, 3.8) is 0 Å². The van der Waals surface area contributed by atoms with Crippen molar-refractivity contribution in [1.29, 1.82) is 0 Å². The summed E-state index contributed by atoms with van der Waals surface area (Å²) in [5, 5.41) is 6.76. The first-order valence-corrected chi connectivity index (χ1v) is 9.04. The van der Waals surface area contributed by atoms with Gasteiger partial charge >= 0.3 is 0 Å². The maximum absolute atomic E-state index is 6.31. The molecule has 5 heteroatoms. The van der Waals surface area contributed by atoms with Crippen LogP contribution in [0.2, 0.25) is 0 Å². The summed E-state index contributed by atoms with van der Waals surface area (Å²) in [5.74, 6) is 0.612. The lowest BCUT2D eigenvalue weighted by molar-refractivity contribution is 0.522. The standard InChI is InChI=1S/C21H27N5/c1-3-23-20(22)19(24-14-13-16-9-5-4-6-10-16)21-25-15-17-11-7-8-12-18(17)26(21)2/h4-12,14,21,23,25H,3,13,15,22H2,1-2H3/b20-19-,24-14?. The molecule has 1 atom stereocenters. The third kappa shape index (κ3) is 4.06. The Morgan fingerprint density at radius 3 is 2.73 bits per heavy atom. The predicted octanol–water partition coefficient (Wildman–Crippen LogP) is 2.60. The van der Waals surface area contributed by atoms with Crippen LogP contribution >= 0.6 is 0 Å². The summed E-state index contributed by atoms with van der Waals surface area (Å²) in [6.45, 7) is 3.59. The van der Waals surface area contributed by atoms with E-state index >= 15 is 0 Å². The second-order valence-corrected chi connectivity index (χ2v) is 6.35. The molecule has 0 saturated heterocycles. The highest BCUT2D eigenvalue weighted by Crippen LogP contribution is 2.27. The van der Waals surface area contributed by atoms with Gasteiger partial charge in [0.15, 0.2) is 0 Å². The Morgan fingerprint density at radius 2 is 1.96 bits per heavy atom. The Morgan fingerprint density at radius 1 is 1.23 bits per heavy atom. The topological polar surface area (TPSA) is 65.7 Å². The third-order valence-electron chi connectivity index (χ3n) is 4.55. The van der Waals surface area contributed by atoms with Gasteiger partial charge in [0, 0.05) is 38.5 Å². The SMILES string of the molecule is CCN/C(N)=C(\N=CCc1ccccc1)C1NCc2ccccc2N1C. The number of nitrogens with zero attached hydrogens (tertiary/aromatic N) is 2. The molecule has 1 heterocycles. The number of benzene rings is 2. The summed E-state index contributed by atoms with van der Waals surface area (Å²) in [6, 6.07) is 18.7. The minimum Gasteiger partial charge on any atom is -0.384 e. The maximum Gasteiger partial charge on any atom is 0.127 e. The van der Waals surface area contributed by atoms with Crippen LogP contribution in [-0.2, 0) is 13.0 Å². The summed E-state index contributed by atoms with van der Waals surface area (Å²) in [4.78, 5) is 6.94. The second kappa shape index (κ2) is 8.54. The molecule has 0 saturated carbocycles.